The summed E-state index contributed by atoms with van der Waals surface area (Å²) < 4.78 is 20.1. The van der Waals surface area contributed by atoms with Crippen molar-refractivity contribution in [2.45, 2.75) is 92.6 Å². The largest absolute Gasteiger partial charge is 0.465 e. The molecule has 7 unspecified atom stereocenters. The molecule has 1 saturated heterocycles. The molecule has 5 aliphatic rings. The van der Waals surface area contributed by atoms with Crippen LogP contribution in [0.2, 0.25) is 0 Å². The lowest BCUT2D eigenvalue weighted by Crippen LogP contribution is -2.48. The number of carbonyl (C=O) groups excluding carboxylic acids is 6. The van der Waals surface area contributed by atoms with E-state index in [1.165, 1.54) is 0 Å². The number of cyclic esters (lactones) is 1. The number of hydrogen-bond acceptors (Lipinski definition) is 10. The molecule has 0 aromatic rings. The second kappa shape index (κ2) is 13.0. The second-order valence-electron chi connectivity index (χ2n) is 15.8. The van der Waals surface area contributed by atoms with Crippen LogP contribution in [0.4, 0.5) is 0 Å². The summed E-state index contributed by atoms with van der Waals surface area (Å²) in [5.41, 5.74) is -3.05. The van der Waals surface area contributed by atoms with E-state index in [9.17, 15) is 28.8 Å². The molecule has 1 heterocycles. The second-order valence-corrected chi connectivity index (χ2v) is 15.8. The molecule has 4 aliphatic carbocycles. The van der Waals surface area contributed by atoms with E-state index in [0.29, 0.717) is 37.7 Å². The molecule has 0 radical (unpaired) electrons. The average Bonchev–Trinajstić information content (AvgIpc) is 3.77. The first-order chi connectivity index (χ1) is 21.8. The molecule has 0 aromatic heterocycles. The van der Waals surface area contributed by atoms with Gasteiger partial charge in [0.2, 0.25) is 0 Å². The zero-order chi connectivity index (χ0) is 35.0. The highest BCUT2D eigenvalue weighted by Gasteiger charge is 2.62. The highest BCUT2D eigenvalue weighted by Crippen LogP contribution is 2.62. The Labute approximate surface area is 277 Å². The molecule has 10 nitrogen and oxygen atoms in total. The smallest absolute Gasteiger partial charge is 0.338 e. The van der Waals surface area contributed by atoms with E-state index in [2.05, 4.69) is 30.9 Å². The Morgan fingerprint density at radius 2 is 1.23 bits per heavy atom. The number of rotatable bonds is 6. The lowest BCUT2D eigenvalue weighted by Gasteiger charge is -2.43. The summed E-state index contributed by atoms with van der Waals surface area (Å²) in [5, 5.41) is 0. The van der Waals surface area contributed by atoms with E-state index in [1.807, 2.05) is 41.5 Å². The molecule has 7 atom stereocenters. The Morgan fingerprint density at radius 1 is 0.787 bits per heavy atom. The first-order valence-corrected chi connectivity index (χ1v) is 16.3. The third-order valence-corrected chi connectivity index (χ3v) is 10.9. The third-order valence-electron chi connectivity index (χ3n) is 10.9. The van der Waals surface area contributed by atoms with Gasteiger partial charge in [0, 0.05) is 24.6 Å². The SMILES string of the molecule is C=CC(=O)OC1(C)CCOC(=O)C1.CC(C)(C)C1(C(=O)OC(=O)/C=C\C(=O)OC(=O)C2(C(C)(C)C)CC3C=CC2C3)CC2C=CC1C2. The van der Waals surface area contributed by atoms with Gasteiger partial charge in [-0.3, -0.25) is 14.4 Å². The molecule has 10 heteroatoms. The summed E-state index contributed by atoms with van der Waals surface area (Å²) >= 11 is 0. The maximum atomic E-state index is 13.1. The highest BCUT2D eigenvalue weighted by molar-refractivity contribution is 6.01. The predicted octanol–water partition coefficient (Wildman–Crippen LogP) is 5.75. The first-order valence-electron chi connectivity index (χ1n) is 16.3. The Balaban J connectivity index is 0.000000323. The van der Waals surface area contributed by atoms with E-state index < -0.39 is 46.3 Å². The number of carbonyl (C=O) groups is 6. The number of esters is 6. The number of ether oxygens (including phenoxy) is 4. The summed E-state index contributed by atoms with van der Waals surface area (Å²) in [6.45, 7) is 17.2. The summed E-state index contributed by atoms with van der Waals surface area (Å²) in [4.78, 5) is 72.9. The highest BCUT2D eigenvalue weighted by atomic mass is 16.6. The van der Waals surface area contributed by atoms with Crippen molar-refractivity contribution in [3.8, 4) is 0 Å². The van der Waals surface area contributed by atoms with E-state index in [0.717, 1.165) is 31.1 Å². The van der Waals surface area contributed by atoms with Gasteiger partial charge >= 0.3 is 35.8 Å². The molecule has 5 rings (SSSR count). The fraction of sp³-hybridized carbons (Fsp3) is 0.622. The van der Waals surface area contributed by atoms with E-state index >= 15 is 0 Å². The molecule has 0 N–H and O–H groups in total. The topological polar surface area (TPSA) is 139 Å². The quantitative estimate of drug-likeness (QED) is 0.115. The standard InChI is InChI=1S/C28H36O6.C9H12O4/c1-25(2,3)27(15-17-7-9-19(27)13-17)23(31)33-21(29)11-12-22(30)34-24(32)28(26(4,5)6)16-18-8-10-20(28)14-18;1-3-7(10)13-9(2)4-5-12-8(11)6-9/h7-12,17-20H,13-16H2,1-6H3;3H,1,4-6H2,2H3/b12-11-;. The monoisotopic (exact) mass is 652 g/mol. The molecule has 0 aromatic carbocycles. The van der Waals surface area contributed by atoms with Crippen LogP contribution < -0.4 is 0 Å². The zero-order valence-electron chi connectivity index (χ0n) is 28.6. The molecule has 1 aliphatic heterocycles. The summed E-state index contributed by atoms with van der Waals surface area (Å²) in [7, 11) is 0. The molecular formula is C37H48O10. The van der Waals surface area contributed by atoms with Crippen LogP contribution in [0, 0.1) is 45.3 Å². The fourth-order valence-electron chi connectivity index (χ4n) is 8.29. The molecule has 256 valence electrons. The van der Waals surface area contributed by atoms with Crippen molar-refractivity contribution >= 4 is 35.8 Å². The minimum Gasteiger partial charge on any atom is -0.465 e. The van der Waals surface area contributed by atoms with Crippen molar-refractivity contribution in [1.29, 1.82) is 0 Å². The van der Waals surface area contributed by atoms with Crippen molar-refractivity contribution in [2.75, 3.05) is 6.61 Å². The molecule has 2 saturated carbocycles. The number of hydrogen-bond donors (Lipinski definition) is 0. The van der Waals surface area contributed by atoms with Crippen LogP contribution in [0.1, 0.15) is 87.0 Å². The molecular weight excluding hydrogens is 604 g/mol. The lowest BCUT2D eigenvalue weighted by atomic mass is 9.59. The maximum Gasteiger partial charge on any atom is 0.338 e. The lowest BCUT2D eigenvalue weighted by molar-refractivity contribution is -0.174. The van der Waals surface area contributed by atoms with Gasteiger partial charge in [0.05, 0.1) is 23.9 Å². The average molecular weight is 653 g/mol. The van der Waals surface area contributed by atoms with E-state index in [1.54, 1.807) is 6.92 Å². The summed E-state index contributed by atoms with van der Waals surface area (Å²) in [5.74, 6) is -3.10. The van der Waals surface area contributed by atoms with Crippen molar-refractivity contribution in [3.05, 3.63) is 49.1 Å². The van der Waals surface area contributed by atoms with Crippen LogP contribution in [0.5, 0.6) is 0 Å². The predicted molar refractivity (Wildman–Crippen MR) is 171 cm³/mol. The van der Waals surface area contributed by atoms with Crippen molar-refractivity contribution in [3.63, 3.8) is 0 Å². The van der Waals surface area contributed by atoms with Gasteiger partial charge in [0.1, 0.15) is 5.60 Å². The van der Waals surface area contributed by atoms with E-state index in [-0.39, 0.29) is 35.1 Å². The Kier molecular flexibility index (Phi) is 9.96. The summed E-state index contributed by atoms with van der Waals surface area (Å²) in [6.07, 6.45) is 14.9. The van der Waals surface area contributed by atoms with Crippen LogP contribution in [-0.2, 0) is 47.7 Å². The van der Waals surface area contributed by atoms with Crippen LogP contribution in [0.15, 0.2) is 49.1 Å². The van der Waals surface area contributed by atoms with Gasteiger partial charge in [-0.05, 0) is 67.1 Å². The van der Waals surface area contributed by atoms with Gasteiger partial charge in [-0.2, -0.15) is 0 Å². The maximum absolute atomic E-state index is 13.1. The van der Waals surface area contributed by atoms with Gasteiger partial charge < -0.3 is 18.9 Å². The van der Waals surface area contributed by atoms with Crippen molar-refractivity contribution in [2.24, 2.45) is 45.3 Å². The van der Waals surface area contributed by atoms with E-state index in [4.69, 9.17) is 18.9 Å². The van der Waals surface area contributed by atoms with Gasteiger partial charge in [0.15, 0.2) is 0 Å². The van der Waals surface area contributed by atoms with Gasteiger partial charge in [0.25, 0.3) is 0 Å². The number of allylic oxidation sites excluding steroid dienone is 4. The van der Waals surface area contributed by atoms with Crippen LogP contribution >= 0.6 is 0 Å². The minimum atomic E-state index is -0.932. The molecule has 4 bridgehead atoms. The van der Waals surface area contributed by atoms with Gasteiger partial charge in [-0.15, -0.1) is 0 Å². The zero-order valence-corrected chi connectivity index (χ0v) is 28.6. The van der Waals surface area contributed by atoms with Crippen molar-refractivity contribution in [1.82, 2.24) is 0 Å². The molecule has 0 spiro atoms. The van der Waals surface area contributed by atoms with Crippen LogP contribution in [0.25, 0.3) is 0 Å². The molecule has 47 heavy (non-hydrogen) atoms. The minimum absolute atomic E-state index is 0.0359. The fourth-order valence-corrected chi connectivity index (χ4v) is 8.29. The van der Waals surface area contributed by atoms with Gasteiger partial charge in [-0.25, -0.2) is 14.4 Å². The Hall–Kier alpha value is -3.82. The summed E-state index contributed by atoms with van der Waals surface area (Å²) in [6, 6.07) is 0. The first kappa shape index (κ1) is 36.0. The molecule has 0 amide bonds. The Bertz CT molecular complexity index is 1340. The third kappa shape index (κ3) is 7.06. The van der Waals surface area contributed by atoms with Crippen molar-refractivity contribution < 1.29 is 47.7 Å². The number of fused-ring (bicyclic) bond motifs is 4. The van der Waals surface area contributed by atoms with Gasteiger partial charge in [-0.1, -0.05) is 72.4 Å². The molecule has 3 fully saturated rings. The van der Waals surface area contributed by atoms with Crippen LogP contribution in [-0.4, -0.2) is 48.0 Å². The Morgan fingerprint density at radius 3 is 1.55 bits per heavy atom. The normalized spacial score (nSPS) is 33.6. The van der Waals surface area contributed by atoms with Crippen LogP contribution in [0.3, 0.4) is 0 Å².